The van der Waals surface area contributed by atoms with Gasteiger partial charge >= 0.3 is 12.4 Å². The number of nitrogen functional groups attached to an aromatic ring is 1. The van der Waals surface area contributed by atoms with Crippen LogP contribution in [-0.2, 0) is 28.5 Å². The van der Waals surface area contributed by atoms with E-state index in [0.717, 1.165) is 18.7 Å². The highest BCUT2D eigenvalue weighted by molar-refractivity contribution is 6.02. The first-order valence-corrected chi connectivity index (χ1v) is 13.0. The number of likely N-dealkylation sites (tertiary alicyclic amines) is 2. The molecule has 0 atom stereocenters. The van der Waals surface area contributed by atoms with Crippen LogP contribution in [-0.4, -0.2) is 59.7 Å². The molecule has 0 bridgehead atoms. The number of aromatic nitrogens is 1. The minimum atomic E-state index is -4.97. The van der Waals surface area contributed by atoms with Gasteiger partial charge in [-0.15, -0.1) is 0 Å². The van der Waals surface area contributed by atoms with E-state index >= 15 is 0 Å². The number of alkyl halides is 6. The lowest BCUT2D eigenvalue weighted by Crippen LogP contribution is -2.46. The van der Waals surface area contributed by atoms with Gasteiger partial charge in [0.2, 0.25) is 5.91 Å². The smallest absolute Gasteiger partial charge is 0.399 e. The van der Waals surface area contributed by atoms with E-state index in [0.29, 0.717) is 63.3 Å². The zero-order chi connectivity index (χ0) is 29.1. The Kier molecular flexibility index (Phi) is 8.91. The summed E-state index contributed by atoms with van der Waals surface area (Å²) < 4.78 is 80.4. The summed E-state index contributed by atoms with van der Waals surface area (Å²) in [6.45, 7) is 2.86. The number of rotatable bonds is 6. The zero-order valence-electron chi connectivity index (χ0n) is 21.9. The fraction of sp³-hybridized carbons (Fsp3) is 0.519. The summed E-state index contributed by atoms with van der Waals surface area (Å²) in [6, 6.07) is 5.15. The van der Waals surface area contributed by atoms with Crippen molar-refractivity contribution in [3.63, 3.8) is 0 Å². The van der Waals surface area contributed by atoms with Gasteiger partial charge in [0.05, 0.1) is 16.8 Å². The summed E-state index contributed by atoms with van der Waals surface area (Å²) in [6.07, 6.45) is -6.20. The third kappa shape index (κ3) is 7.23. The van der Waals surface area contributed by atoms with E-state index in [-0.39, 0.29) is 29.2 Å². The van der Waals surface area contributed by atoms with Crippen molar-refractivity contribution in [2.24, 2.45) is 17.0 Å². The molecule has 40 heavy (non-hydrogen) atoms. The van der Waals surface area contributed by atoms with Gasteiger partial charge in [-0.2, -0.15) is 26.3 Å². The second kappa shape index (κ2) is 12.0. The highest BCUT2D eigenvalue weighted by Crippen LogP contribution is 2.37. The number of anilines is 1. The highest BCUT2D eigenvalue weighted by Gasteiger charge is 2.39. The summed E-state index contributed by atoms with van der Waals surface area (Å²) >= 11 is 0. The number of pyridine rings is 1. The van der Waals surface area contributed by atoms with Gasteiger partial charge in [0.1, 0.15) is 12.9 Å². The van der Waals surface area contributed by atoms with Crippen molar-refractivity contribution in [2.75, 3.05) is 39.0 Å². The summed E-state index contributed by atoms with van der Waals surface area (Å²) in [4.78, 5) is 26.0. The zero-order valence-corrected chi connectivity index (χ0v) is 21.9. The van der Waals surface area contributed by atoms with Gasteiger partial charge in [0.25, 0.3) is 0 Å². The Hall–Kier alpha value is -3.35. The molecule has 2 aliphatic heterocycles. The topological polar surface area (TPSA) is 84.0 Å². The molecule has 2 saturated heterocycles. The van der Waals surface area contributed by atoms with E-state index in [1.165, 1.54) is 7.11 Å². The largest absolute Gasteiger partial charge is 0.416 e. The van der Waals surface area contributed by atoms with Crippen LogP contribution in [0.2, 0.25) is 0 Å². The molecule has 1 aromatic carbocycles. The lowest BCUT2D eigenvalue weighted by molar-refractivity contribution is -0.143. The first kappa shape index (κ1) is 29.6. The molecule has 0 spiro atoms. The number of halogens is 6. The van der Waals surface area contributed by atoms with Gasteiger partial charge in [0.15, 0.2) is 0 Å². The predicted molar refractivity (Wildman–Crippen MR) is 136 cm³/mol. The number of piperidine rings is 2. The molecule has 7 nitrogen and oxygen atoms in total. The average molecular weight is 572 g/mol. The number of nitrogens with zero attached hydrogens (tertiary/aromatic N) is 4. The molecule has 0 saturated carbocycles. The van der Waals surface area contributed by atoms with Crippen LogP contribution in [0.15, 0.2) is 41.7 Å². The van der Waals surface area contributed by atoms with E-state index in [4.69, 9.17) is 10.6 Å². The van der Waals surface area contributed by atoms with E-state index < -0.39 is 29.4 Å². The number of hydrogen-bond donors (Lipinski definition) is 1. The summed E-state index contributed by atoms with van der Waals surface area (Å²) in [7, 11) is 1.19. The molecule has 2 fully saturated rings. The number of hydrogen-bond acceptors (Lipinski definition) is 6. The Bertz CT molecular complexity index is 1180. The van der Waals surface area contributed by atoms with Crippen LogP contribution in [0, 0.1) is 11.8 Å². The Labute approximate surface area is 228 Å². The van der Waals surface area contributed by atoms with Gasteiger partial charge < -0.3 is 15.5 Å². The molecular formula is C27H31F6N5O2. The summed E-state index contributed by atoms with van der Waals surface area (Å²) in [5.41, 5.74) is 3.70. The number of carbonyl (C=O) groups is 1. The van der Waals surface area contributed by atoms with E-state index in [2.05, 4.69) is 15.0 Å². The molecule has 0 unspecified atom stereocenters. The van der Waals surface area contributed by atoms with Crippen LogP contribution in [0.3, 0.4) is 0 Å². The van der Waals surface area contributed by atoms with Crippen molar-refractivity contribution < 1.29 is 36.0 Å². The highest BCUT2D eigenvalue weighted by atomic mass is 19.4. The SMILES string of the molecule is CON=C(c1cc(C(F)(F)F)cc(C(F)(F)F)c1)C1CCN(C(=O)C2CCN(Cc3ccnc(N)c3)CC2)CC1. The Balaban J connectivity index is 1.39. The van der Waals surface area contributed by atoms with E-state index in [1.54, 1.807) is 11.1 Å². The summed E-state index contributed by atoms with van der Waals surface area (Å²) in [5, 5.41) is 3.83. The molecule has 2 aromatic rings. The van der Waals surface area contributed by atoms with Gasteiger partial charge in [-0.1, -0.05) is 5.16 Å². The fourth-order valence-electron chi connectivity index (χ4n) is 5.38. The lowest BCUT2D eigenvalue weighted by atomic mass is 9.86. The first-order valence-electron chi connectivity index (χ1n) is 13.0. The maximum absolute atomic E-state index is 13.4. The number of benzene rings is 1. The van der Waals surface area contributed by atoms with Crippen LogP contribution in [0.5, 0.6) is 0 Å². The van der Waals surface area contributed by atoms with Crippen LogP contribution in [0.1, 0.15) is 47.9 Å². The molecule has 2 N–H and O–H groups in total. The maximum Gasteiger partial charge on any atom is 0.416 e. The molecule has 3 heterocycles. The molecule has 2 aliphatic rings. The maximum atomic E-state index is 13.4. The van der Waals surface area contributed by atoms with Crippen LogP contribution < -0.4 is 5.73 Å². The van der Waals surface area contributed by atoms with Gasteiger partial charge in [-0.3, -0.25) is 9.69 Å². The van der Waals surface area contributed by atoms with Crippen molar-refractivity contribution >= 4 is 17.4 Å². The molecular weight excluding hydrogens is 540 g/mol. The van der Waals surface area contributed by atoms with E-state index in [9.17, 15) is 31.1 Å². The van der Waals surface area contributed by atoms with Gasteiger partial charge in [-0.25, -0.2) is 4.98 Å². The number of oxime groups is 1. The lowest BCUT2D eigenvalue weighted by Gasteiger charge is -2.37. The van der Waals surface area contributed by atoms with Crippen molar-refractivity contribution in [1.82, 2.24) is 14.8 Å². The predicted octanol–water partition coefficient (Wildman–Crippen LogP) is 5.20. The monoisotopic (exact) mass is 571 g/mol. The van der Waals surface area contributed by atoms with Crippen molar-refractivity contribution in [3.8, 4) is 0 Å². The van der Waals surface area contributed by atoms with Crippen molar-refractivity contribution in [3.05, 3.63) is 58.8 Å². The minimum Gasteiger partial charge on any atom is -0.399 e. The van der Waals surface area contributed by atoms with Gasteiger partial charge in [-0.05, 0) is 74.7 Å². The molecule has 0 aliphatic carbocycles. The van der Waals surface area contributed by atoms with Crippen LogP contribution in [0.4, 0.5) is 32.2 Å². The number of carbonyl (C=O) groups excluding carboxylic acids is 1. The van der Waals surface area contributed by atoms with Gasteiger partial charge in [0, 0.05) is 43.2 Å². The standard InChI is InChI=1S/C27H31F6N5O2/c1-40-36-24(20-13-21(26(28,29)30)15-22(14-20)27(31,32)33)18-5-10-38(11-6-18)25(39)19-3-8-37(9-4-19)16-17-2-7-35-23(34)12-17/h2,7,12-15,18-19H,3-6,8-11,16H2,1H3,(H2,34,35). The van der Waals surface area contributed by atoms with Crippen LogP contribution >= 0.6 is 0 Å². The normalized spacial score (nSPS) is 18.7. The minimum absolute atomic E-state index is 0.0104. The molecule has 218 valence electrons. The Morgan fingerprint density at radius 3 is 2.05 bits per heavy atom. The molecule has 0 radical (unpaired) electrons. The molecule has 1 aromatic heterocycles. The van der Waals surface area contributed by atoms with E-state index in [1.807, 2.05) is 12.1 Å². The molecule has 13 heteroatoms. The Morgan fingerprint density at radius 1 is 0.950 bits per heavy atom. The third-order valence-corrected chi connectivity index (χ3v) is 7.45. The average Bonchev–Trinajstić information content (AvgIpc) is 2.91. The second-order valence-corrected chi connectivity index (χ2v) is 10.2. The van der Waals surface area contributed by atoms with Crippen LogP contribution in [0.25, 0.3) is 0 Å². The molecule has 4 rings (SSSR count). The fourth-order valence-corrected chi connectivity index (χ4v) is 5.38. The molecule has 1 amide bonds. The van der Waals surface area contributed by atoms with Crippen molar-refractivity contribution in [1.29, 1.82) is 0 Å². The first-order chi connectivity index (χ1) is 18.8. The second-order valence-electron chi connectivity index (χ2n) is 10.2. The third-order valence-electron chi connectivity index (χ3n) is 7.45. The van der Waals surface area contributed by atoms with Crippen molar-refractivity contribution in [2.45, 2.75) is 44.6 Å². The Morgan fingerprint density at radius 2 is 1.52 bits per heavy atom. The number of nitrogens with two attached hydrogens (primary N) is 1. The number of amides is 1. The summed E-state index contributed by atoms with van der Waals surface area (Å²) in [5.74, 6) is -0.128. The quantitative estimate of drug-likeness (QED) is 0.293.